The van der Waals surface area contributed by atoms with E-state index in [1.807, 2.05) is 18.2 Å². The smallest absolute Gasteiger partial charge is 0.410 e. The van der Waals surface area contributed by atoms with Crippen LogP contribution < -0.4 is 0 Å². The normalized spacial score (nSPS) is 37.7. The Hall–Kier alpha value is -1.71. The highest BCUT2D eigenvalue weighted by Gasteiger charge is 2.74. The van der Waals surface area contributed by atoms with Crippen LogP contribution in [-0.4, -0.2) is 86.6 Å². The van der Waals surface area contributed by atoms with Gasteiger partial charge >= 0.3 is 6.09 Å². The van der Waals surface area contributed by atoms with Crippen molar-refractivity contribution >= 4 is 6.09 Å². The minimum atomic E-state index is -0.275. The van der Waals surface area contributed by atoms with Crippen molar-refractivity contribution in [1.82, 2.24) is 4.90 Å². The van der Waals surface area contributed by atoms with Gasteiger partial charge in [0.15, 0.2) is 0 Å². The summed E-state index contributed by atoms with van der Waals surface area (Å²) >= 11 is 0. The molecule has 0 N–H and O–H groups in total. The molecule has 4 fully saturated rings. The summed E-state index contributed by atoms with van der Waals surface area (Å²) in [5.74, 6) is 0. The van der Waals surface area contributed by atoms with Gasteiger partial charge in [-0.2, -0.15) is 0 Å². The van der Waals surface area contributed by atoms with Crippen molar-refractivity contribution in [1.29, 1.82) is 0 Å². The van der Waals surface area contributed by atoms with Crippen LogP contribution in [0, 0.1) is 0 Å². The number of amides is 1. The summed E-state index contributed by atoms with van der Waals surface area (Å²) in [6.45, 7) is 5.69. The maximum Gasteiger partial charge on any atom is 0.410 e. The van der Waals surface area contributed by atoms with Gasteiger partial charge in [-0.05, 0) is 31.7 Å². The van der Waals surface area contributed by atoms with Gasteiger partial charge < -0.3 is 33.3 Å². The summed E-state index contributed by atoms with van der Waals surface area (Å²) < 4.78 is 35.1. The zero-order chi connectivity index (χ0) is 22.9. The Labute approximate surface area is 195 Å². The number of carbonyl (C=O) groups is 1. The van der Waals surface area contributed by atoms with Crippen LogP contribution in [0.3, 0.4) is 0 Å². The van der Waals surface area contributed by atoms with Crippen LogP contribution in [0.15, 0.2) is 30.3 Å². The predicted octanol–water partition coefficient (Wildman–Crippen LogP) is 2.92. The fraction of sp³-hybridized carbons (Fsp3) is 0.720. The molecule has 8 nitrogen and oxygen atoms in total. The van der Waals surface area contributed by atoms with Crippen molar-refractivity contribution in [2.75, 3.05) is 40.0 Å². The average Bonchev–Trinajstić information content (AvgIpc) is 3.74. The van der Waals surface area contributed by atoms with Gasteiger partial charge in [0.1, 0.15) is 23.4 Å². The SMILES string of the molecule is COC1CC2(CCC1OC(=O)N1CCOCC1)OC2C1(C)OC1CCOCc1ccccc1. The van der Waals surface area contributed by atoms with Crippen LogP contribution in [0.1, 0.15) is 38.2 Å². The van der Waals surface area contributed by atoms with Crippen LogP contribution in [-0.2, 0) is 35.0 Å². The highest BCUT2D eigenvalue weighted by Crippen LogP contribution is 2.60. The Morgan fingerprint density at radius 1 is 1.15 bits per heavy atom. The molecule has 0 radical (unpaired) electrons. The zero-order valence-corrected chi connectivity index (χ0v) is 19.6. The molecule has 6 atom stereocenters. The van der Waals surface area contributed by atoms with Crippen LogP contribution in [0.25, 0.3) is 0 Å². The fourth-order valence-electron chi connectivity index (χ4n) is 5.45. The molecule has 1 saturated carbocycles. The Morgan fingerprint density at radius 3 is 2.70 bits per heavy atom. The lowest BCUT2D eigenvalue weighted by atomic mass is 9.79. The molecule has 1 amide bonds. The van der Waals surface area contributed by atoms with Gasteiger partial charge in [-0.3, -0.25) is 0 Å². The number of rotatable bonds is 8. The molecule has 0 bridgehead atoms. The van der Waals surface area contributed by atoms with E-state index < -0.39 is 0 Å². The highest BCUT2D eigenvalue weighted by molar-refractivity contribution is 5.68. The van der Waals surface area contributed by atoms with Crippen molar-refractivity contribution in [3.05, 3.63) is 35.9 Å². The third kappa shape index (κ3) is 4.91. The summed E-state index contributed by atoms with van der Waals surface area (Å²) in [5, 5.41) is 0. The summed E-state index contributed by atoms with van der Waals surface area (Å²) in [6.07, 6.45) is 2.63. The number of benzene rings is 1. The van der Waals surface area contributed by atoms with Gasteiger partial charge in [0, 0.05) is 33.2 Å². The highest BCUT2D eigenvalue weighted by atomic mass is 16.7. The molecule has 182 valence electrons. The van der Waals surface area contributed by atoms with Crippen LogP contribution in [0.2, 0.25) is 0 Å². The van der Waals surface area contributed by atoms with Crippen LogP contribution in [0.4, 0.5) is 4.79 Å². The molecule has 4 aliphatic rings. The molecule has 6 unspecified atom stereocenters. The molecule has 1 aromatic rings. The molecule has 33 heavy (non-hydrogen) atoms. The third-order valence-electron chi connectivity index (χ3n) is 7.55. The molecule has 5 rings (SSSR count). The minimum Gasteiger partial charge on any atom is -0.443 e. The Bertz CT molecular complexity index is 816. The van der Waals surface area contributed by atoms with Crippen molar-refractivity contribution in [2.45, 2.75) is 74.8 Å². The van der Waals surface area contributed by atoms with Crippen molar-refractivity contribution in [2.24, 2.45) is 0 Å². The molecule has 3 heterocycles. The lowest BCUT2D eigenvalue weighted by Gasteiger charge is -2.36. The second kappa shape index (κ2) is 9.50. The molecule has 8 heteroatoms. The van der Waals surface area contributed by atoms with E-state index in [1.165, 1.54) is 5.56 Å². The van der Waals surface area contributed by atoms with E-state index in [0.717, 1.165) is 19.3 Å². The lowest BCUT2D eigenvalue weighted by Crippen LogP contribution is -2.48. The summed E-state index contributed by atoms with van der Waals surface area (Å²) in [7, 11) is 1.68. The number of methoxy groups -OCH3 is 1. The molecule has 3 saturated heterocycles. The zero-order valence-electron chi connectivity index (χ0n) is 19.6. The second-order valence-corrected chi connectivity index (χ2v) is 9.72. The Morgan fingerprint density at radius 2 is 1.94 bits per heavy atom. The third-order valence-corrected chi connectivity index (χ3v) is 7.55. The van der Waals surface area contributed by atoms with E-state index in [-0.39, 0.29) is 41.7 Å². The second-order valence-electron chi connectivity index (χ2n) is 9.72. The predicted molar refractivity (Wildman–Crippen MR) is 119 cm³/mol. The Balaban J connectivity index is 1.07. The Kier molecular flexibility index (Phi) is 6.64. The first-order chi connectivity index (χ1) is 16.0. The van der Waals surface area contributed by atoms with Crippen LogP contribution >= 0.6 is 0 Å². The molecule has 1 aliphatic carbocycles. The van der Waals surface area contributed by atoms with Gasteiger partial charge in [-0.25, -0.2) is 4.79 Å². The van der Waals surface area contributed by atoms with E-state index in [0.29, 0.717) is 45.9 Å². The van der Waals surface area contributed by atoms with E-state index in [2.05, 4.69) is 19.1 Å². The van der Waals surface area contributed by atoms with Crippen LogP contribution in [0.5, 0.6) is 0 Å². The minimum absolute atomic E-state index is 0.0534. The number of morpholine rings is 1. The van der Waals surface area contributed by atoms with Gasteiger partial charge in [0.05, 0.1) is 32.0 Å². The number of hydrogen-bond donors (Lipinski definition) is 0. The number of carbonyl (C=O) groups excluding carboxylic acids is 1. The van der Waals surface area contributed by atoms with E-state index in [4.69, 9.17) is 28.4 Å². The number of ether oxygens (including phenoxy) is 6. The standard InChI is InChI=1S/C25H35NO7/c1-24(21(32-24)9-13-30-17-18-6-4-3-5-7-18)22-25(33-22)10-8-19(20(16-25)28-2)31-23(27)26-11-14-29-15-12-26/h3-7,19-22H,8-17H2,1-2H3. The number of nitrogens with zero attached hydrogens (tertiary/aromatic N) is 1. The molecule has 1 aromatic carbocycles. The quantitative estimate of drug-likeness (QED) is 0.435. The molecule has 3 aliphatic heterocycles. The number of epoxide rings is 2. The van der Waals surface area contributed by atoms with E-state index in [9.17, 15) is 4.79 Å². The van der Waals surface area contributed by atoms with Crippen molar-refractivity contribution < 1.29 is 33.2 Å². The summed E-state index contributed by atoms with van der Waals surface area (Å²) in [5.41, 5.74) is 0.668. The maximum absolute atomic E-state index is 12.5. The van der Waals surface area contributed by atoms with Gasteiger partial charge in [0.2, 0.25) is 0 Å². The van der Waals surface area contributed by atoms with Crippen molar-refractivity contribution in [3.8, 4) is 0 Å². The molecular formula is C25H35NO7. The lowest BCUT2D eigenvalue weighted by molar-refractivity contribution is -0.0742. The van der Waals surface area contributed by atoms with Crippen molar-refractivity contribution in [3.63, 3.8) is 0 Å². The first-order valence-corrected chi connectivity index (χ1v) is 12.1. The fourth-order valence-corrected chi connectivity index (χ4v) is 5.45. The van der Waals surface area contributed by atoms with E-state index >= 15 is 0 Å². The summed E-state index contributed by atoms with van der Waals surface area (Å²) in [6, 6.07) is 10.2. The largest absolute Gasteiger partial charge is 0.443 e. The number of hydrogen-bond acceptors (Lipinski definition) is 7. The molecular weight excluding hydrogens is 426 g/mol. The van der Waals surface area contributed by atoms with Gasteiger partial charge in [-0.1, -0.05) is 30.3 Å². The van der Waals surface area contributed by atoms with E-state index in [1.54, 1.807) is 12.0 Å². The maximum atomic E-state index is 12.5. The topological polar surface area (TPSA) is 82.3 Å². The first kappa shape index (κ1) is 23.1. The van der Waals surface area contributed by atoms with Gasteiger partial charge in [-0.15, -0.1) is 0 Å². The first-order valence-electron chi connectivity index (χ1n) is 12.1. The molecule has 0 aromatic heterocycles. The molecule has 1 spiro atoms. The van der Waals surface area contributed by atoms with Gasteiger partial charge in [0.25, 0.3) is 0 Å². The average molecular weight is 462 g/mol. The summed E-state index contributed by atoms with van der Waals surface area (Å²) in [4.78, 5) is 14.2. The monoisotopic (exact) mass is 461 g/mol.